The van der Waals surface area contributed by atoms with E-state index in [1.807, 2.05) is 30.1 Å². The monoisotopic (exact) mass is 505 g/mol. The van der Waals surface area contributed by atoms with Crippen molar-refractivity contribution in [2.45, 2.75) is 44.7 Å². The highest BCUT2D eigenvalue weighted by atomic mass is 35.5. The third-order valence-corrected chi connectivity index (χ3v) is 6.57. The summed E-state index contributed by atoms with van der Waals surface area (Å²) in [4.78, 5) is 26.1. The minimum absolute atomic E-state index is 0. The molecule has 6 nitrogen and oxygen atoms in total. The Balaban J connectivity index is 0.00000162. The lowest BCUT2D eigenvalue weighted by Gasteiger charge is -2.37. The summed E-state index contributed by atoms with van der Waals surface area (Å²) in [5.41, 5.74) is 2.62. The summed E-state index contributed by atoms with van der Waals surface area (Å²) in [5, 5.41) is 0. The standard InChI is InChI=1S/C25H28FN5O.2ClH/c1-29-16-23(28-17-29)25(32)31(20-5-4-6-20)15-18-7-9-22(26)21(13-18)19-8-10-24(27-14-19)30-11-2-3-12-30;;/h7-10,13-14,16-17,20H,2-6,11-12,15H2,1H3;2*1H. The summed E-state index contributed by atoms with van der Waals surface area (Å²) >= 11 is 0. The van der Waals surface area contributed by atoms with Crippen LogP contribution < -0.4 is 4.90 Å². The Morgan fingerprint density at radius 2 is 1.85 bits per heavy atom. The van der Waals surface area contributed by atoms with Gasteiger partial charge >= 0.3 is 0 Å². The number of aromatic nitrogens is 3. The first kappa shape index (κ1) is 26.0. The molecule has 1 saturated carbocycles. The van der Waals surface area contributed by atoms with E-state index in [4.69, 9.17) is 0 Å². The van der Waals surface area contributed by atoms with Gasteiger partial charge in [0.1, 0.15) is 17.3 Å². The average Bonchev–Trinajstić information content (AvgIpc) is 3.45. The number of nitrogens with zero attached hydrogens (tertiary/aromatic N) is 5. The van der Waals surface area contributed by atoms with Crippen LogP contribution in [-0.2, 0) is 13.6 Å². The van der Waals surface area contributed by atoms with Gasteiger partial charge in [0.05, 0.1) is 6.33 Å². The van der Waals surface area contributed by atoms with Crippen molar-refractivity contribution in [3.63, 3.8) is 0 Å². The van der Waals surface area contributed by atoms with Crippen molar-refractivity contribution in [2.24, 2.45) is 7.05 Å². The maximum atomic E-state index is 14.7. The van der Waals surface area contributed by atoms with Crippen molar-refractivity contribution < 1.29 is 9.18 Å². The van der Waals surface area contributed by atoms with Crippen molar-refractivity contribution in [1.82, 2.24) is 19.4 Å². The van der Waals surface area contributed by atoms with Gasteiger partial charge in [-0.1, -0.05) is 6.07 Å². The Hall–Kier alpha value is -2.64. The summed E-state index contributed by atoms with van der Waals surface area (Å²) in [6.45, 7) is 2.49. The van der Waals surface area contributed by atoms with Crippen LogP contribution in [0, 0.1) is 5.82 Å². The molecular weight excluding hydrogens is 476 g/mol. The van der Waals surface area contributed by atoms with E-state index in [0.29, 0.717) is 17.8 Å². The van der Waals surface area contributed by atoms with Crippen LogP contribution in [0.2, 0.25) is 0 Å². The molecular formula is C25H30Cl2FN5O. The second-order valence-corrected chi connectivity index (χ2v) is 8.86. The van der Waals surface area contributed by atoms with Crippen LogP contribution in [-0.4, -0.2) is 44.5 Å². The smallest absolute Gasteiger partial charge is 0.274 e. The maximum absolute atomic E-state index is 14.7. The molecule has 1 amide bonds. The van der Waals surface area contributed by atoms with Crippen molar-refractivity contribution in [3.05, 3.63) is 66.1 Å². The number of aryl methyl sites for hydroxylation is 1. The van der Waals surface area contributed by atoms with Crippen molar-refractivity contribution in [2.75, 3.05) is 18.0 Å². The van der Waals surface area contributed by atoms with E-state index in [1.54, 1.807) is 29.4 Å². The molecule has 3 heterocycles. The first-order valence-corrected chi connectivity index (χ1v) is 11.4. The zero-order valence-corrected chi connectivity index (χ0v) is 20.8. The number of rotatable bonds is 6. The number of hydrogen-bond donors (Lipinski definition) is 0. The Labute approximate surface area is 212 Å². The molecule has 0 unspecified atom stereocenters. The summed E-state index contributed by atoms with van der Waals surface area (Å²) in [6.07, 6.45) is 10.6. The molecule has 0 radical (unpaired) electrons. The third kappa shape index (κ3) is 5.36. The Bertz CT molecular complexity index is 1110. The molecule has 1 aromatic carbocycles. The zero-order chi connectivity index (χ0) is 22.1. The lowest BCUT2D eigenvalue weighted by atomic mass is 9.90. The number of anilines is 1. The van der Waals surface area contributed by atoms with E-state index in [0.717, 1.165) is 49.3 Å². The zero-order valence-electron chi connectivity index (χ0n) is 19.2. The molecule has 2 aromatic heterocycles. The van der Waals surface area contributed by atoms with Gasteiger partial charge in [-0.2, -0.15) is 0 Å². The normalized spacial score (nSPS) is 15.3. The summed E-state index contributed by atoms with van der Waals surface area (Å²) in [6, 6.07) is 9.22. The number of imidazole rings is 1. The molecule has 1 saturated heterocycles. The summed E-state index contributed by atoms with van der Waals surface area (Å²) < 4.78 is 16.5. The number of carbonyl (C=O) groups excluding carboxylic acids is 1. The molecule has 2 fully saturated rings. The molecule has 2 aliphatic rings. The molecule has 0 bridgehead atoms. The minimum Gasteiger partial charge on any atom is -0.357 e. The average molecular weight is 506 g/mol. The quantitative estimate of drug-likeness (QED) is 0.458. The van der Waals surface area contributed by atoms with E-state index in [9.17, 15) is 9.18 Å². The van der Waals surface area contributed by atoms with Gasteiger partial charge in [-0.3, -0.25) is 4.79 Å². The highest BCUT2D eigenvalue weighted by molar-refractivity contribution is 5.92. The topological polar surface area (TPSA) is 54.3 Å². The fourth-order valence-electron chi connectivity index (χ4n) is 4.50. The van der Waals surface area contributed by atoms with E-state index in [2.05, 4.69) is 14.9 Å². The van der Waals surface area contributed by atoms with Crippen LogP contribution >= 0.6 is 24.8 Å². The third-order valence-electron chi connectivity index (χ3n) is 6.57. The molecule has 0 spiro atoms. The number of amides is 1. The fourth-order valence-corrected chi connectivity index (χ4v) is 4.50. The van der Waals surface area contributed by atoms with Gasteiger partial charge in [0.2, 0.25) is 0 Å². The van der Waals surface area contributed by atoms with Gasteiger partial charge in [0, 0.05) is 56.2 Å². The van der Waals surface area contributed by atoms with Crippen molar-refractivity contribution in [1.29, 1.82) is 0 Å². The first-order valence-electron chi connectivity index (χ1n) is 11.4. The van der Waals surface area contributed by atoms with Gasteiger partial charge in [0.25, 0.3) is 5.91 Å². The Kier molecular flexibility index (Phi) is 8.55. The van der Waals surface area contributed by atoms with E-state index in [-0.39, 0.29) is 42.6 Å². The SMILES string of the molecule is Cl.Cl.Cn1cnc(C(=O)N(Cc2ccc(F)c(-c3ccc(N4CCCC4)nc3)c2)C2CCC2)c1. The van der Waals surface area contributed by atoms with Crippen LogP contribution in [0.3, 0.4) is 0 Å². The van der Waals surface area contributed by atoms with Crippen LogP contribution in [0.25, 0.3) is 11.1 Å². The molecule has 9 heteroatoms. The van der Waals surface area contributed by atoms with Crippen LogP contribution in [0.5, 0.6) is 0 Å². The number of halogens is 3. The Morgan fingerprint density at radius 1 is 1.09 bits per heavy atom. The van der Waals surface area contributed by atoms with Crippen molar-refractivity contribution >= 4 is 36.5 Å². The van der Waals surface area contributed by atoms with Gasteiger partial charge in [0.15, 0.2) is 0 Å². The molecule has 182 valence electrons. The van der Waals surface area contributed by atoms with Crippen LogP contribution in [0.15, 0.2) is 49.1 Å². The number of hydrogen-bond acceptors (Lipinski definition) is 4. The van der Waals surface area contributed by atoms with Gasteiger partial charge in [-0.05, 0) is 61.9 Å². The lowest BCUT2D eigenvalue weighted by molar-refractivity contribution is 0.0551. The molecule has 0 N–H and O–H groups in total. The lowest BCUT2D eigenvalue weighted by Crippen LogP contribution is -2.43. The van der Waals surface area contributed by atoms with E-state index >= 15 is 0 Å². The molecule has 1 aliphatic carbocycles. The summed E-state index contributed by atoms with van der Waals surface area (Å²) in [7, 11) is 1.85. The Morgan fingerprint density at radius 3 is 2.44 bits per heavy atom. The van der Waals surface area contributed by atoms with Crippen LogP contribution in [0.1, 0.15) is 48.2 Å². The largest absolute Gasteiger partial charge is 0.357 e. The van der Waals surface area contributed by atoms with E-state index in [1.165, 1.54) is 18.9 Å². The predicted octanol–water partition coefficient (Wildman–Crippen LogP) is 5.26. The van der Waals surface area contributed by atoms with Gasteiger partial charge in [-0.25, -0.2) is 14.4 Å². The highest BCUT2D eigenvalue weighted by Crippen LogP contribution is 2.30. The molecule has 34 heavy (non-hydrogen) atoms. The van der Waals surface area contributed by atoms with Gasteiger partial charge < -0.3 is 14.4 Å². The second-order valence-electron chi connectivity index (χ2n) is 8.86. The predicted molar refractivity (Wildman–Crippen MR) is 136 cm³/mol. The maximum Gasteiger partial charge on any atom is 0.274 e. The minimum atomic E-state index is -0.282. The molecule has 5 rings (SSSR count). The highest BCUT2D eigenvalue weighted by Gasteiger charge is 2.30. The number of carbonyl (C=O) groups is 1. The van der Waals surface area contributed by atoms with E-state index < -0.39 is 0 Å². The van der Waals surface area contributed by atoms with Crippen molar-refractivity contribution in [3.8, 4) is 11.1 Å². The number of benzene rings is 1. The van der Waals surface area contributed by atoms with Crippen LogP contribution in [0.4, 0.5) is 10.2 Å². The molecule has 0 atom stereocenters. The first-order chi connectivity index (χ1) is 15.6. The number of pyridine rings is 1. The van der Waals surface area contributed by atoms with Gasteiger partial charge in [-0.15, -0.1) is 24.8 Å². The summed E-state index contributed by atoms with van der Waals surface area (Å²) in [5.74, 6) is 0.591. The second kappa shape index (κ2) is 11.2. The molecule has 1 aliphatic heterocycles. The fraction of sp³-hybridized carbons (Fsp3) is 0.400. The molecule has 3 aromatic rings.